The Morgan fingerprint density at radius 2 is 1.11 bits per heavy atom. The highest BCUT2D eigenvalue weighted by molar-refractivity contribution is 5.75. The molecule has 0 radical (unpaired) electrons. The lowest BCUT2D eigenvalue weighted by Gasteiger charge is -2.60. The van der Waals surface area contributed by atoms with E-state index < -0.39 is 11.2 Å². The number of carbonyl (C=O) groups is 2. The van der Waals surface area contributed by atoms with Crippen LogP contribution in [0.5, 0.6) is 0 Å². The molecule has 4 fully saturated rings. The van der Waals surface area contributed by atoms with Crippen molar-refractivity contribution in [2.75, 3.05) is 13.1 Å². The summed E-state index contributed by atoms with van der Waals surface area (Å²) in [6.07, 6.45) is 7.28. The number of ether oxygens (including phenoxy) is 2. The van der Waals surface area contributed by atoms with Gasteiger partial charge in [-0.25, -0.2) is 0 Å². The van der Waals surface area contributed by atoms with Crippen molar-refractivity contribution < 1.29 is 19.1 Å². The Balaban J connectivity index is 1.77. The van der Waals surface area contributed by atoms with Gasteiger partial charge in [0.15, 0.2) is 0 Å². The van der Waals surface area contributed by atoms with Crippen LogP contribution in [0.2, 0.25) is 0 Å². The van der Waals surface area contributed by atoms with E-state index in [0.29, 0.717) is 0 Å². The number of carbonyl (C=O) groups excluding carboxylic acids is 2. The molecule has 0 unspecified atom stereocenters. The zero-order valence-corrected chi connectivity index (χ0v) is 18.0. The molecular formula is C22H37NO4. The standard InChI is InChI=1S/C22H37NO4/c1-20(2,3)26-18(24)13-23(14-19(25)27-21(4,5)6)22-10-15-7-16(11-22)9-17(8-15)12-22/h15-17H,7-14H2,1-6H3. The lowest BCUT2D eigenvalue weighted by molar-refractivity contribution is -0.169. The highest BCUT2D eigenvalue weighted by atomic mass is 16.6. The lowest BCUT2D eigenvalue weighted by Crippen LogP contribution is -2.62. The van der Waals surface area contributed by atoms with E-state index in [-0.39, 0.29) is 30.6 Å². The summed E-state index contributed by atoms with van der Waals surface area (Å²) in [4.78, 5) is 27.3. The molecule has 0 aliphatic heterocycles. The first-order valence-corrected chi connectivity index (χ1v) is 10.5. The second-order valence-electron chi connectivity index (χ2n) is 11.2. The van der Waals surface area contributed by atoms with Crippen LogP contribution >= 0.6 is 0 Å². The molecule has 27 heavy (non-hydrogen) atoms. The molecule has 154 valence electrons. The Morgan fingerprint density at radius 3 is 1.41 bits per heavy atom. The van der Waals surface area contributed by atoms with Crippen LogP contribution in [0.3, 0.4) is 0 Å². The fourth-order valence-corrected chi connectivity index (χ4v) is 5.90. The second kappa shape index (κ2) is 7.06. The fourth-order valence-electron chi connectivity index (χ4n) is 5.90. The van der Waals surface area contributed by atoms with Crippen molar-refractivity contribution in [3.63, 3.8) is 0 Å². The Kier molecular flexibility index (Phi) is 5.39. The summed E-state index contributed by atoms with van der Waals surface area (Å²) in [6.45, 7) is 11.6. The maximum Gasteiger partial charge on any atom is 0.320 e. The van der Waals surface area contributed by atoms with Gasteiger partial charge in [0.2, 0.25) is 0 Å². The van der Waals surface area contributed by atoms with Crippen LogP contribution in [0.1, 0.15) is 80.1 Å². The molecule has 0 spiro atoms. The smallest absolute Gasteiger partial charge is 0.320 e. The zero-order valence-electron chi connectivity index (χ0n) is 18.0. The minimum atomic E-state index is -0.518. The first-order chi connectivity index (χ1) is 12.3. The van der Waals surface area contributed by atoms with E-state index in [1.54, 1.807) is 0 Å². The largest absolute Gasteiger partial charge is 0.459 e. The molecule has 4 aliphatic carbocycles. The first kappa shape index (κ1) is 20.6. The minimum Gasteiger partial charge on any atom is -0.459 e. The maximum atomic E-state index is 12.6. The molecule has 4 rings (SSSR count). The molecule has 0 aromatic carbocycles. The molecular weight excluding hydrogens is 342 g/mol. The van der Waals surface area contributed by atoms with E-state index in [9.17, 15) is 9.59 Å². The van der Waals surface area contributed by atoms with Gasteiger partial charge in [-0.1, -0.05) is 0 Å². The van der Waals surface area contributed by atoms with Crippen molar-refractivity contribution in [2.45, 2.75) is 96.8 Å². The molecule has 4 aliphatic rings. The Hall–Kier alpha value is -1.10. The van der Waals surface area contributed by atoms with Gasteiger partial charge in [-0.2, -0.15) is 0 Å². The van der Waals surface area contributed by atoms with Gasteiger partial charge in [-0.05, 0) is 97.8 Å². The molecule has 0 N–H and O–H groups in total. The summed E-state index contributed by atoms with van der Waals surface area (Å²) in [5.41, 5.74) is -1.07. The predicted molar refractivity (Wildman–Crippen MR) is 104 cm³/mol. The minimum absolute atomic E-state index is 0.0391. The Morgan fingerprint density at radius 1 is 0.778 bits per heavy atom. The molecule has 0 amide bonds. The lowest BCUT2D eigenvalue weighted by atomic mass is 9.52. The van der Waals surface area contributed by atoms with Gasteiger partial charge >= 0.3 is 11.9 Å². The number of hydrogen-bond donors (Lipinski definition) is 0. The van der Waals surface area contributed by atoms with Crippen molar-refractivity contribution in [3.8, 4) is 0 Å². The monoisotopic (exact) mass is 379 g/mol. The zero-order chi connectivity index (χ0) is 20.0. The summed E-state index contributed by atoms with van der Waals surface area (Å²) in [5, 5.41) is 0. The van der Waals surface area contributed by atoms with Crippen molar-refractivity contribution >= 4 is 11.9 Å². The van der Waals surface area contributed by atoms with Gasteiger partial charge in [0.1, 0.15) is 11.2 Å². The first-order valence-electron chi connectivity index (χ1n) is 10.5. The Bertz CT molecular complexity index is 519. The number of nitrogens with zero attached hydrogens (tertiary/aromatic N) is 1. The van der Waals surface area contributed by atoms with E-state index in [1.807, 2.05) is 41.5 Å². The van der Waals surface area contributed by atoms with E-state index in [1.165, 1.54) is 19.3 Å². The van der Waals surface area contributed by atoms with Crippen molar-refractivity contribution in [1.29, 1.82) is 0 Å². The van der Waals surface area contributed by atoms with E-state index >= 15 is 0 Å². The van der Waals surface area contributed by atoms with Gasteiger partial charge in [-0.15, -0.1) is 0 Å². The van der Waals surface area contributed by atoms with Gasteiger partial charge < -0.3 is 9.47 Å². The summed E-state index contributed by atoms with van der Waals surface area (Å²) < 4.78 is 11.2. The molecule has 5 nitrogen and oxygen atoms in total. The Labute approximate surface area is 164 Å². The van der Waals surface area contributed by atoms with Gasteiger partial charge in [-0.3, -0.25) is 14.5 Å². The van der Waals surface area contributed by atoms with Gasteiger partial charge in [0, 0.05) is 5.54 Å². The maximum absolute atomic E-state index is 12.6. The van der Waals surface area contributed by atoms with Crippen LogP contribution in [0, 0.1) is 17.8 Å². The topological polar surface area (TPSA) is 55.8 Å². The summed E-state index contributed by atoms with van der Waals surface area (Å²) in [5.74, 6) is 1.74. The van der Waals surface area contributed by atoms with Crippen LogP contribution in [0.4, 0.5) is 0 Å². The number of hydrogen-bond acceptors (Lipinski definition) is 5. The second-order valence-corrected chi connectivity index (χ2v) is 11.2. The number of esters is 2. The van der Waals surface area contributed by atoms with Crippen LogP contribution in [-0.4, -0.2) is 46.7 Å². The van der Waals surface area contributed by atoms with E-state index in [4.69, 9.17) is 9.47 Å². The van der Waals surface area contributed by atoms with Crippen LogP contribution in [0.15, 0.2) is 0 Å². The molecule has 0 saturated heterocycles. The van der Waals surface area contributed by atoms with Gasteiger partial charge in [0.05, 0.1) is 13.1 Å². The predicted octanol–water partition coefficient (Wildman–Crippen LogP) is 3.94. The molecule has 4 bridgehead atoms. The van der Waals surface area contributed by atoms with Crippen molar-refractivity contribution in [2.24, 2.45) is 17.8 Å². The third-order valence-corrected chi connectivity index (χ3v) is 6.16. The number of rotatable bonds is 5. The summed E-state index contributed by atoms with van der Waals surface area (Å²) >= 11 is 0. The van der Waals surface area contributed by atoms with Crippen molar-refractivity contribution in [1.82, 2.24) is 4.90 Å². The van der Waals surface area contributed by atoms with Crippen LogP contribution in [0.25, 0.3) is 0 Å². The van der Waals surface area contributed by atoms with Crippen LogP contribution < -0.4 is 0 Å². The molecule has 5 heteroatoms. The quantitative estimate of drug-likeness (QED) is 0.677. The summed E-state index contributed by atoms with van der Waals surface area (Å²) in [7, 11) is 0. The highest BCUT2D eigenvalue weighted by Gasteiger charge is 2.54. The van der Waals surface area contributed by atoms with Crippen molar-refractivity contribution in [3.05, 3.63) is 0 Å². The third-order valence-electron chi connectivity index (χ3n) is 6.16. The fraction of sp³-hybridized carbons (Fsp3) is 0.909. The molecule has 0 aromatic rings. The third kappa shape index (κ3) is 5.24. The molecule has 0 heterocycles. The molecule has 0 atom stereocenters. The molecule has 4 saturated carbocycles. The summed E-state index contributed by atoms with van der Waals surface area (Å²) in [6, 6.07) is 0. The average molecular weight is 380 g/mol. The highest BCUT2D eigenvalue weighted by Crippen LogP contribution is 2.57. The van der Waals surface area contributed by atoms with E-state index in [0.717, 1.165) is 37.0 Å². The van der Waals surface area contributed by atoms with E-state index in [2.05, 4.69) is 4.90 Å². The average Bonchev–Trinajstić information content (AvgIpc) is 2.40. The molecule has 0 aromatic heterocycles. The normalized spacial score (nSPS) is 32.6. The SMILES string of the molecule is CC(C)(C)OC(=O)CN(CC(=O)OC(C)(C)C)C12CC3CC(CC(C3)C1)C2. The van der Waals surface area contributed by atoms with Crippen LogP contribution in [-0.2, 0) is 19.1 Å². The van der Waals surface area contributed by atoms with Gasteiger partial charge in [0.25, 0.3) is 0 Å².